The molecule has 1 saturated heterocycles. The minimum absolute atomic E-state index is 0.114. The number of rotatable bonds is 4. The van der Waals surface area contributed by atoms with E-state index < -0.39 is 28.4 Å². The summed E-state index contributed by atoms with van der Waals surface area (Å²) in [6.07, 6.45) is 2.89. The van der Waals surface area contributed by atoms with E-state index in [-0.39, 0.29) is 22.5 Å². The average molecular weight is 401 g/mol. The maximum Gasteiger partial charge on any atom is 0.300 e. The van der Waals surface area contributed by atoms with Crippen LogP contribution in [0.5, 0.6) is 0 Å². The van der Waals surface area contributed by atoms with Gasteiger partial charge in [0, 0.05) is 17.8 Å². The van der Waals surface area contributed by atoms with E-state index in [4.69, 9.17) is 0 Å². The quantitative estimate of drug-likeness (QED) is 0.235. The summed E-state index contributed by atoms with van der Waals surface area (Å²) in [4.78, 5) is 42.1. The number of benzene rings is 2. The molecule has 1 aliphatic heterocycles. The molecule has 8 nitrogen and oxygen atoms in total. The Bertz CT molecular complexity index is 1180. The van der Waals surface area contributed by atoms with Crippen molar-refractivity contribution in [3.63, 3.8) is 0 Å². The Balaban J connectivity index is 2.02. The van der Waals surface area contributed by atoms with Gasteiger partial charge in [-0.1, -0.05) is 42.5 Å². The van der Waals surface area contributed by atoms with Gasteiger partial charge in [-0.05, 0) is 18.2 Å². The fraction of sp³-hybridized carbons (Fsp3) is 0.0455. The van der Waals surface area contributed by atoms with Gasteiger partial charge < -0.3 is 5.11 Å². The molecule has 1 aliphatic rings. The number of para-hydroxylation sites is 1. The van der Waals surface area contributed by atoms with Crippen molar-refractivity contribution in [3.8, 4) is 0 Å². The summed E-state index contributed by atoms with van der Waals surface area (Å²) in [5.74, 6) is -2.23. The Morgan fingerprint density at radius 1 is 1.00 bits per heavy atom. The lowest BCUT2D eigenvalue weighted by Crippen LogP contribution is -2.29. The summed E-state index contributed by atoms with van der Waals surface area (Å²) in [5.41, 5.74) is 0.241. The third kappa shape index (κ3) is 3.10. The highest BCUT2D eigenvalue weighted by Gasteiger charge is 2.48. The van der Waals surface area contributed by atoms with E-state index in [1.807, 2.05) is 0 Å². The highest BCUT2D eigenvalue weighted by molar-refractivity contribution is 6.51. The fourth-order valence-corrected chi connectivity index (χ4v) is 3.53. The van der Waals surface area contributed by atoms with Crippen LogP contribution in [-0.4, -0.2) is 26.7 Å². The van der Waals surface area contributed by atoms with Gasteiger partial charge >= 0.3 is 0 Å². The van der Waals surface area contributed by atoms with Crippen molar-refractivity contribution in [2.75, 3.05) is 4.90 Å². The van der Waals surface area contributed by atoms with Gasteiger partial charge in [-0.3, -0.25) is 29.6 Å². The molecule has 1 atom stereocenters. The summed E-state index contributed by atoms with van der Waals surface area (Å²) < 4.78 is 0. The molecular weight excluding hydrogens is 386 g/mol. The Kier molecular flexibility index (Phi) is 4.81. The summed E-state index contributed by atoms with van der Waals surface area (Å²) in [5, 5.41) is 22.6. The molecule has 0 spiro atoms. The number of aromatic nitrogens is 1. The molecule has 2 heterocycles. The topological polar surface area (TPSA) is 114 Å². The predicted octanol–water partition coefficient (Wildman–Crippen LogP) is 3.62. The second-order valence-corrected chi connectivity index (χ2v) is 6.56. The number of nitro benzene ring substituents is 1. The molecule has 1 aromatic heterocycles. The van der Waals surface area contributed by atoms with Crippen molar-refractivity contribution >= 4 is 28.8 Å². The average Bonchev–Trinajstić information content (AvgIpc) is 3.05. The maximum atomic E-state index is 13.0. The Labute approximate surface area is 170 Å². The van der Waals surface area contributed by atoms with Crippen molar-refractivity contribution in [2.24, 2.45) is 0 Å². The van der Waals surface area contributed by atoms with Crippen LogP contribution >= 0.6 is 0 Å². The zero-order chi connectivity index (χ0) is 21.3. The first kappa shape index (κ1) is 19.0. The molecule has 148 valence electrons. The van der Waals surface area contributed by atoms with Gasteiger partial charge in [-0.25, -0.2) is 0 Å². The first-order valence-corrected chi connectivity index (χ1v) is 9.00. The van der Waals surface area contributed by atoms with Gasteiger partial charge in [0.05, 0.1) is 27.9 Å². The van der Waals surface area contributed by atoms with Crippen LogP contribution in [0.3, 0.4) is 0 Å². The van der Waals surface area contributed by atoms with Gasteiger partial charge in [0.2, 0.25) is 0 Å². The summed E-state index contributed by atoms with van der Waals surface area (Å²) >= 11 is 0. The maximum absolute atomic E-state index is 13.0. The molecule has 0 aliphatic carbocycles. The zero-order valence-corrected chi connectivity index (χ0v) is 15.5. The summed E-state index contributed by atoms with van der Waals surface area (Å²) in [6, 6.07) is 16.1. The van der Waals surface area contributed by atoms with Crippen LogP contribution in [0.1, 0.15) is 17.2 Å². The molecular formula is C22H15N3O5. The number of nitro groups is 1. The lowest BCUT2D eigenvalue weighted by Gasteiger charge is -2.24. The first-order valence-electron chi connectivity index (χ1n) is 9.00. The Morgan fingerprint density at radius 3 is 2.37 bits per heavy atom. The number of aliphatic hydroxyl groups excluding tert-OH is 1. The fourth-order valence-electron chi connectivity index (χ4n) is 3.53. The molecule has 8 heteroatoms. The number of nitrogens with zero attached hydrogens (tertiary/aromatic N) is 3. The van der Waals surface area contributed by atoms with E-state index in [0.717, 1.165) is 4.90 Å². The number of ketones is 1. The van der Waals surface area contributed by atoms with E-state index >= 15 is 0 Å². The molecule has 0 radical (unpaired) electrons. The molecule has 2 aromatic carbocycles. The second kappa shape index (κ2) is 7.59. The minimum atomic E-state index is -1.18. The number of amides is 1. The number of hydrogen-bond acceptors (Lipinski definition) is 6. The number of carbonyl (C=O) groups excluding carboxylic acids is 2. The van der Waals surface area contributed by atoms with E-state index in [9.17, 15) is 24.8 Å². The molecule has 1 fully saturated rings. The standard InChI is InChI=1S/C22H15N3O5/c26-20(14-7-2-1-3-8-14)18-19(16-10-4-5-11-17(16)25(29)30)24(22(28)21(18)27)15-9-6-12-23-13-15/h1-13,19,26H/b20-18+. The summed E-state index contributed by atoms with van der Waals surface area (Å²) in [6.45, 7) is 0. The van der Waals surface area contributed by atoms with Crippen molar-refractivity contribution in [2.45, 2.75) is 6.04 Å². The van der Waals surface area contributed by atoms with Gasteiger partial charge in [-0.2, -0.15) is 0 Å². The van der Waals surface area contributed by atoms with Gasteiger partial charge in [0.1, 0.15) is 11.8 Å². The number of hydrogen-bond donors (Lipinski definition) is 1. The van der Waals surface area contributed by atoms with Crippen molar-refractivity contribution < 1.29 is 19.6 Å². The zero-order valence-electron chi connectivity index (χ0n) is 15.5. The van der Waals surface area contributed by atoms with Crippen LogP contribution in [0.2, 0.25) is 0 Å². The largest absolute Gasteiger partial charge is 0.507 e. The van der Waals surface area contributed by atoms with Crippen LogP contribution in [0, 0.1) is 10.1 Å². The number of carbonyl (C=O) groups is 2. The lowest BCUT2D eigenvalue weighted by molar-refractivity contribution is -0.385. The molecule has 30 heavy (non-hydrogen) atoms. The SMILES string of the molecule is O=C1C(=O)N(c2cccnc2)C(c2ccccc2[N+](=O)[O-])/C1=C(\O)c1ccccc1. The summed E-state index contributed by atoms with van der Waals surface area (Å²) in [7, 11) is 0. The van der Waals surface area contributed by atoms with Crippen LogP contribution in [0.25, 0.3) is 5.76 Å². The second-order valence-electron chi connectivity index (χ2n) is 6.56. The number of aliphatic hydroxyl groups is 1. The van der Waals surface area contributed by atoms with Crippen molar-refractivity contribution in [3.05, 3.63) is 106 Å². The molecule has 1 N–H and O–H groups in total. The van der Waals surface area contributed by atoms with E-state index in [2.05, 4.69) is 4.98 Å². The number of pyridine rings is 1. The number of anilines is 1. The van der Waals surface area contributed by atoms with Crippen LogP contribution in [-0.2, 0) is 9.59 Å². The third-order valence-corrected chi connectivity index (χ3v) is 4.84. The van der Waals surface area contributed by atoms with Crippen molar-refractivity contribution in [1.29, 1.82) is 0 Å². The smallest absolute Gasteiger partial charge is 0.300 e. The van der Waals surface area contributed by atoms with Crippen LogP contribution in [0.4, 0.5) is 11.4 Å². The molecule has 3 aromatic rings. The molecule has 0 saturated carbocycles. The minimum Gasteiger partial charge on any atom is -0.507 e. The Morgan fingerprint density at radius 2 is 1.70 bits per heavy atom. The normalized spacial score (nSPS) is 17.9. The van der Waals surface area contributed by atoms with Crippen molar-refractivity contribution in [1.82, 2.24) is 4.98 Å². The molecule has 0 bridgehead atoms. The first-order chi connectivity index (χ1) is 14.5. The highest BCUT2D eigenvalue weighted by atomic mass is 16.6. The monoisotopic (exact) mass is 401 g/mol. The van der Waals surface area contributed by atoms with Gasteiger partial charge in [0.25, 0.3) is 17.4 Å². The molecule has 1 unspecified atom stereocenters. The van der Waals surface area contributed by atoms with E-state index in [1.165, 1.54) is 30.6 Å². The van der Waals surface area contributed by atoms with Crippen LogP contribution in [0.15, 0.2) is 84.7 Å². The van der Waals surface area contributed by atoms with Gasteiger partial charge in [-0.15, -0.1) is 0 Å². The van der Waals surface area contributed by atoms with E-state index in [0.29, 0.717) is 5.56 Å². The third-order valence-electron chi connectivity index (χ3n) is 4.84. The highest BCUT2D eigenvalue weighted by Crippen LogP contribution is 2.44. The lowest BCUT2D eigenvalue weighted by atomic mass is 9.94. The molecule has 1 amide bonds. The van der Waals surface area contributed by atoms with Crippen LogP contribution < -0.4 is 4.90 Å². The van der Waals surface area contributed by atoms with E-state index in [1.54, 1.807) is 48.5 Å². The Hall–Kier alpha value is -4.33. The predicted molar refractivity (Wildman–Crippen MR) is 109 cm³/mol. The van der Waals surface area contributed by atoms with Gasteiger partial charge in [0.15, 0.2) is 0 Å². The number of Topliss-reactive ketones (excluding diaryl/α,β-unsaturated/α-hetero) is 1. The molecule has 4 rings (SSSR count).